The maximum atomic E-state index is 11.5. The molecule has 0 saturated carbocycles. The number of rotatable bonds is 7. The first-order valence-corrected chi connectivity index (χ1v) is 10.2. The van der Waals surface area contributed by atoms with Gasteiger partial charge in [-0.2, -0.15) is 0 Å². The van der Waals surface area contributed by atoms with Crippen LogP contribution in [0.3, 0.4) is 0 Å². The van der Waals surface area contributed by atoms with Crippen molar-refractivity contribution in [2.75, 3.05) is 19.3 Å². The van der Waals surface area contributed by atoms with E-state index in [-0.39, 0.29) is 0 Å². The van der Waals surface area contributed by atoms with Gasteiger partial charge >= 0.3 is 0 Å². The monoisotopic (exact) mass is 359 g/mol. The van der Waals surface area contributed by atoms with Crippen molar-refractivity contribution in [1.82, 2.24) is 10.6 Å². The molecule has 0 aliphatic heterocycles. The number of hydrogen-bond donors (Lipinski definition) is 2. The summed E-state index contributed by atoms with van der Waals surface area (Å²) in [7, 11) is -3.16. The lowest BCUT2D eigenvalue weighted by molar-refractivity contribution is 0.602. The maximum Gasteiger partial charge on any atom is 0.191 e. The first-order chi connectivity index (χ1) is 12.0. The normalized spacial score (nSPS) is 12.0. The highest BCUT2D eigenvalue weighted by molar-refractivity contribution is 7.90. The molecular formula is C19H25N3O2S. The molecule has 0 spiro atoms. The second-order valence-electron chi connectivity index (χ2n) is 5.77. The van der Waals surface area contributed by atoms with Crippen LogP contribution in [0.2, 0.25) is 0 Å². The van der Waals surface area contributed by atoms with Gasteiger partial charge in [-0.05, 0) is 36.6 Å². The van der Waals surface area contributed by atoms with E-state index in [1.165, 1.54) is 11.8 Å². The molecule has 2 aromatic rings. The maximum absolute atomic E-state index is 11.5. The molecule has 0 aromatic heterocycles. The van der Waals surface area contributed by atoms with Crippen LogP contribution in [-0.2, 0) is 22.8 Å². The van der Waals surface area contributed by atoms with Gasteiger partial charge in [0, 0.05) is 19.3 Å². The largest absolute Gasteiger partial charge is 0.357 e. The Bertz CT molecular complexity index is 785. The van der Waals surface area contributed by atoms with Gasteiger partial charge in [-0.25, -0.2) is 13.4 Å². The highest BCUT2D eigenvalue weighted by Crippen LogP contribution is 2.11. The molecule has 5 nitrogen and oxygen atoms in total. The summed E-state index contributed by atoms with van der Waals surface area (Å²) in [6.07, 6.45) is 2.13. The van der Waals surface area contributed by atoms with Crippen molar-refractivity contribution in [2.45, 2.75) is 24.8 Å². The van der Waals surface area contributed by atoms with Crippen LogP contribution in [-0.4, -0.2) is 33.7 Å². The van der Waals surface area contributed by atoms with Gasteiger partial charge in [0.05, 0.1) is 11.4 Å². The predicted molar refractivity (Wildman–Crippen MR) is 103 cm³/mol. The summed E-state index contributed by atoms with van der Waals surface area (Å²) in [6.45, 7) is 4.09. The van der Waals surface area contributed by atoms with Gasteiger partial charge in [0.25, 0.3) is 0 Å². The third-order valence-electron chi connectivity index (χ3n) is 3.66. The van der Waals surface area contributed by atoms with Crippen molar-refractivity contribution in [3.8, 4) is 0 Å². The Kier molecular flexibility index (Phi) is 7.01. The average Bonchev–Trinajstić information content (AvgIpc) is 2.60. The summed E-state index contributed by atoms with van der Waals surface area (Å²) in [4.78, 5) is 4.88. The Morgan fingerprint density at radius 2 is 1.64 bits per heavy atom. The summed E-state index contributed by atoms with van der Waals surface area (Å²) in [5.41, 5.74) is 2.25. The van der Waals surface area contributed by atoms with Gasteiger partial charge in [-0.15, -0.1) is 0 Å². The number of benzene rings is 2. The van der Waals surface area contributed by atoms with Crippen LogP contribution in [0.5, 0.6) is 0 Å². The lowest BCUT2D eigenvalue weighted by Crippen LogP contribution is -2.38. The minimum absolute atomic E-state index is 0.327. The molecule has 25 heavy (non-hydrogen) atoms. The van der Waals surface area contributed by atoms with Gasteiger partial charge in [-0.3, -0.25) is 0 Å². The molecule has 0 aliphatic carbocycles. The molecule has 0 saturated heterocycles. The molecule has 0 radical (unpaired) electrons. The standard InChI is InChI=1S/C19H25N3O2S/c1-3-20-19(21-14-13-16-7-5-4-6-8-16)22-15-17-9-11-18(12-10-17)25(2,23)24/h4-12H,3,13-15H2,1-2H3,(H2,20,21,22). The van der Waals surface area contributed by atoms with E-state index in [9.17, 15) is 8.42 Å². The van der Waals surface area contributed by atoms with Crippen LogP contribution >= 0.6 is 0 Å². The van der Waals surface area contributed by atoms with E-state index in [1.807, 2.05) is 25.1 Å². The lowest BCUT2D eigenvalue weighted by Gasteiger charge is -2.11. The van der Waals surface area contributed by atoms with Crippen LogP contribution in [0.25, 0.3) is 0 Å². The third kappa shape index (κ3) is 6.58. The van der Waals surface area contributed by atoms with Crippen molar-refractivity contribution in [1.29, 1.82) is 0 Å². The van der Waals surface area contributed by atoms with Crippen LogP contribution < -0.4 is 10.6 Å². The molecule has 2 rings (SSSR count). The van der Waals surface area contributed by atoms with E-state index in [4.69, 9.17) is 0 Å². The summed E-state index contributed by atoms with van der Waals surface area (Å²) in [5.74, 6) is 0.755. The molecule has 0 bridgehead atoms. The summed E-state index contributed by atoms with van der Waals surface area (Å²) in [5, 5.41) is 6.54. The van der Waals surface area contributed by atoms with Gasteiger partial charge in [0.15, 0.2) is 15.8 Å². The van der Waals surface area contributed by atoms with Crippen LogP contribution in [0, 0.1) is 0 Å². The number of sulfone groups is 1. The van der Waals surface area contributed by atoms with Crippen molar-refractivity contribution in [2.24, 2.45) is 4.99 Å². The number of nitrogens with zero attached hydrogens (tertiary/aromatic N) is 1. The highest BCUT2D eigenvalue weighted by Gasteiger charge is 2.06. The lowest BCUT2D eigenvalue weighted by atomic mass is 10.1. The fraction of sp³-hybridized carbons (Fsp3) is 0.316. The Morgan fingerprint density at radius 3 is 2.24 bits per heavy atom. The SMILES string of the molecule is CCNC(=NCc1ccc(S(C)(=O)=O)cc1)NCCc1ccccc1. The number of hydrogen-bond acceptors (Lipinski definition) is 3. The number of guanidine groups is 1. The van der Waals surface area contributed by atoms with E-state index in [0.29, 0.717) is 11.4 Å². The van der Waals surface area contributed by atoms with Crippen molar-refractivity contribution in [3.63, 3.8) is 0 Å². The van der Waals surface area contributed by atoms with Crippen molar-refractivity contribution in [3.05, 3.63) is 65.7 Å². The quantitative estimate of drug-likeness (QED) is 0.588. The molecule has 6 heteroatoms. The van der Waals surface area contributed by atoms with E-state index in [2.05, 4.69) is 27.8 Å². The average molecular weight is 359 g/mol. The zero-order valence-corrected chi connectivity index (χ0v) is 15.5. The highest BCUT2D eigenvalue weighted by atomic mass is 32.2. The van der Waals surface area contributed by atoms with E-state index < -0.39 is 9.84 Å². The van der Waals surface area contributed by atoms with Crippen LogP contribution in [0.15, 0.2) is 64.5 Å². The zero-order chi connectivity index (χ0) is 18.1. The van der Waals surface area contributed by atoms with E-state index in [1.54, 1.807) is 24.3 Å². The minimum atomic E-state index is -3.16. The molecule has 0 heterocycles. The first-order valence-electron chi connectivity index (χ1n) is 8.34. The summed E-state index contributed by atoms with van der Waals surface area (Å²) >= 11 is 0. The molecule has 0 atom stereocenters. The number of nitrogens with one attached hydrogen (secondary N) is 2. The zero-order valence-electron chi connectivity index (χ0n) is 14.7. The minimum Gasteiger partial charge on any atom is -0.357 e. The van der Waals surface area contributed by atoms with E-state index >= 15 is 0 Å². The van der Waals surface area contributed by atoms with Gasteiger partial charge in [0.2, 0.25) is 0 Å². The Hall–Kier alpha value is -2.34. The third-order valence-corrected chi connectivity index (χ3v) is 4.79. The topological polar surface area (TPSA) is 70.6 Å². The molecule has 134 valence electrons. The number of aliphatic imine (C=N–C) groups is 1. The van der Waals surface area contributed by atoms with Crippen LogP contribution in [0.4, 0.5) is 0 Å². The fourth-order valence-corrected chi connectivity index (χ4v) is 2.95. The second kappa shape index (κ2) is 9.22. The molecule has 0 unspecified atom stereocenters. The fourth-order valence-electron chi connectivity index (χ4n) is 2.32. The smallest absolute Gasteiger partial charge is 0.191 e. The molecule has 2 aromatic carbocycles. The Balaban J connectivity index is 1.92. The van der Waals surface area contributed by atoms with Gasteiger partial charge in [0.1, 0.15) is 0 Å². The van der Waals surface area contributed by atoms with Gasteiger partial charge in [-0.1, -0.05) is 42.5 Å². The predicted octanol–water partition coefficient (Wildman–Crippen LogP) is 2.39. The second-order valence-corrected chi connectivity index (χ2v) is 7.79. The molecule has 2 N–H and O–H groups in total. The van der Waals surface area contributed by atoms with Gasteiger partial charge < -0.3 is 10.6 Å². The Morgan fingerprint density at radius 1 is 0.960 bits per heavy atom. The van der Waals surface area contributed by atoms with Crippen molar-refractivity contribution >= 4 is 15.8 Å². The molecule has 0 fully saturated rings. The molecular weight excluding hydrogens is 334 g/mol. The van der Waals surface area contributed by atoms with Crippen LogP contribution in [0.1, 0.15) is 18.1 Å². The summed E-state index contributed by atoms with van der Waals surface area (Å²) in [6, 6.07) is 17.1. The first kappa shape index (κ1) is 19.0. The molecule has 0 amide bonds. The van der Waals surface area contributed by atoms with Crippen molar-refractivity contribution < 1.29 is 8.42 Å². The summed E-state index contributed by atoms with van der Waals surface area (Å²) < 4.78 is 23.0. The van der Waals surface area contributed by atoms with E-state index in [0.717, 1.165) is 31.0 Å². The Labute approximate surface area is 150 Å². The molecule has 0 aliphatic rings.